The molecule has 0 bridgehead atoms. The molecule has 5 heteroatoms. The molecule has 13 heavy (non-hydrogen) atoms. The van der Waals surface area contributed by atoms with Gasteiger partial charge in [0.1, 0.15) is 11.3 Å². The Morgan fingerprint density at radius 1 is 1.54 bits per heavy atom. The third-order valence-electron chi connectivity index (χ3n) is 1.79. The highest BCUT2D eigenvalue weighted by Crippen LogP contribution is 2.22. The first kappa shape index (κ1) is 8.65. The number of hydrogen-bond donors (Lipinski definition) is 2. The lowest BCUT2D eigenvalue weighted by Gasteiger charge is -1.92. The summed E-state index contributed by atoms with van der Waals surface area (Å²) in [5.74, 6) is 0.237. The van der Waals surface area contributed by atoms with Gasteiger partial charge in [-0.2, -0.15) is 0 Å². The molecule has 0 aliphatic rings. The standard InChI is InChI=1S/C8H7BrFN3/c9-4-1-2-5-8(7(4)10)13-6(3-11)12-5/h1-2H,3,11H2,(H,12,13). The van der Waals surface area contributed by atoms with Gasteiger partial charge in [0.15, 0.2) is 5.82 Å². The van der Waals surface area contributed by atoms with E-state index in [1.807, 2.05) is 0 Å². The average Bonchev–Trinajstić information content (AvgIpc) is 2.55. The zero-order valence-corrected chi connectivity index (χ0v) is 8.23. The lowest BCUT2D eigenvalue weighted by Crippen LogP contribution is -1.97. The fraction of sp³-hybridized carbons (Fsp3) is 0.125. The summed E-state index contributed by atoms with van der Waals surface area (Å²) >= 11 is 3.09. The molecule has 0 fully saturated rings. The first-order valence-corrected chi connectivity index (χ1v) is 4.54. The van der Waals surface area contributed by atoms with E-state index in [1.165, 1.54) is 0 Å². The molecule has 1 heterocycles. The number of imidazole rings is 1. The number of aromatic nitrogens is 2. The second-order valence-electron chi connectivity index (χ2n) is 2.65. The Hall–Kier alpha value is -0.940. The smallest absolute Gasteiger partial charge is 0.165 e. The van der Waals surface area contributed by atoms with Crippen molar-refractivity contribution in [3.63, 3.8) is 0 Å². The molecule has 0 atom stereocenters. The highest BCUT2D eigenvalue weighted by atomic mass is 79.9. The number of fused-ring (bicyclic) bond motifs is 1. The van der Waals surface area contributed by atoms with Gasteiger partial charge in [-0.1, -0.05) is 0 Å². The zero-order valence-electron chi connectivity index (χ0n) is 6.64. The summed E-state index contributed by atoms with van der Waals surface area (Å²) < 4.78 is 13.8. The molecule has 0 aliphatic heterocycles. The molecule has 0 aliphatic carbocycles. The molecule has 0 saturated heterocycles. The largest absolute Gasteiger partial charge is 0.341 e. The Labute approximate surface area is 82.3 Å². The SMILES string of the molecule is NCc1nc2c(F)c(Br)ccc2[nH]1. The number of nitrogens with zero attached hydrogens (tertiary/aromatic N) is 1. The Morgan fingerprint density at radius 3 is 3.00 bits per heavy atom. The molecule has 2 aromatic rings. The van der Waals surface area contributed by atoms with Crippen LogP contribution in [0.3, 0.4) is 0 Å². The Bertz CT molecular complexity index is 452. The monoisotopic (exact) mass is 243 g/mol. The van der Waals surface area contributed by atoms with Crippen LogP contribution in [-0.4, -0.2) is 9.97 Å². The summed E-state index contributed by atoms with van der Waals surface area (Å²) in [5, 5.41) is 0. The number of rotatable bonds is 1. The van der Waals surface area contributed by atoms with Gasteiger partial charge in [0.25, 0.3) is 0 Å². The lowest BCUT2D eigenvalue weighted by atomic mass is 10.3. The van der Waals surface area contributed by atoms with Crippen LogP contribution in [0.4, 0.5) is 4.39 Å². The molecule has 3 N–H and O–H groups in total. The maximum atomic E-state index is 13.4. The predicted molar refractivity (Wildman–Crippen MR) is 51.6 cm³/mol. The third kappa shape index (κ3) is 1.34. The van der Waals surface area contributed by atoms with Gasteiger partial charge in [0.05, 0.1) is 16.5 Å². The van der Waals surface area contributed by atoms with Gasteiger partial charge >= 0.3 is 0 Å². The van der Waals surface area contributed by atoms with Crippen LogP contribution in [0.5, 0.6) is 0 Å². The van der Waals surface area contributed by atoms with E-state index in [4.69, 9.17) is 5.73 Å². The van der Waals surface area contributed by atoms with E-state index in [0.29, 0.717) is 21.3 Å². The van der Waals surface area contributed by atoms with Gasteiger partial charge in [-0.25, -0.2) is 9.37 Å². The number of nitrogens with two attached hydrogens (primary N) is 1. The number of aromatic amines is 1. The summed E-state index contributed by atoms with van der Waals surface area (Å²) in [6, 6.07) is 3.39. The van der Waals surface area contributed by atoms with Crippen molar-refractivity contribution in [3.05, 3.63) is 28.2 Å². The Kier molecular flexibility index (Phi) is 2.05. The van der Waals surface area contributed by atoms with Crippen molar-refractivity contribution in [2.45, 2.75) is 6.54 Å². The number of hydrogen-bond acceptors (Lipinski definition) is 2. The van der Waals surface area contributed by atoms with Gasteiger partial charge < -0.3 is 10.7 Å². The molecule has 68 valence electrons. The van der Waals surface area contributed by atoms with Crippen LogP contribution in [0.2, 0.25) is 0 Å². The van der Waals surface area contributed by atoms with Crippen LogP contribution in [0, 0.1) is 5.82 Å². The quantitative estimate of drug-likeness (QED) is 0.805. The molecular weight excluding hydrogens is 237 g/mol. The molecule has 1 aromatic heterocycles. The molecule has 3 nitrogen and oxygen atoms in total. The molecular formula is C8H7BrFN3. The van der Waals surface area contributed by atoms with Crippen LogP contribution in [0.15, 0.2) is 16.6 Å². The van der Waals surface area contributed by atoms with Gasteiger partial charge in [-0.15, -0.1) is 0 Å². The summed E-state index contributed by atoms with van der Waals surface area (Å²) in [5.41, 5.74) is 6.37. The maximum Gasteiger partial charge on any atom is 0.165 e. The van der Waals surface area contributed by atoms with E-state index in [9.17, 15) is 4.39 Å². The fourth-order valence-electron chi connectivity index (χ4n) is 1.17. The minimum absolute atomic E-state index is 0.283. The van der Waals surface area contributed by atoms with E-state index in [1.54, 1.807) is 12.1 Å². The fourth-order valence-corrected chi connectivity index (χ4v) is 1.49. The molecule has 0 unspecified atom stereocenters. The van der Waals surface area contributed by atoms with Crippen molar-refractivity contribution in [1.29, 1.82) is 0 Å². The van der Waals surface area contributed by atoms with E-state index in [-0.39, 0.29) is 12.4 Å². The third-order valence-corrected chi connectivity index (χ3v) is 2.40. The predicted octanol–water partition coefficient (Wildman–Crippen LogP) is 1.92. The van der Waals surface area contributed by atoms with Crippen molar-refractivity contribution >= 4 is 27.0 Å². The average molecular weight is 244 g/mol. The van der Waals surface area contributed by atoms with Crippen molar-refractivity contribution in [2.24, 2.45) is 5.73 Å². The molecule has 0 radical (unpaired) electrons. The van der Waals surface area contributed by atoms with Crippen molar-refractivity contribution in [3.8, 4) is 0 Å². The van der Waals surface area contributed by atoms with Gasteiger partial charge in [0.2, 0.25) is 0 Å². The Balaban J connectivity index is 2.76. The van der Waals surface area contributed by atoms with Crippen LogP contribution < -0.4 is 5.73 Å². The maximum absolute atomic E-state index is 13.4. The topological polar surface area (TPSA) is 54.7 Å². The minimum atomic E-state index is -0.353. The van der Waals surface area contributed by atoms with E-state index >= 15 is 0 Å². The number of nitrogens with one attached hydrogen (secondary N) is 1. The summed E-state index contributed by atoms with van der Waals surface area (Å²) in [7, 11) is 0. The summed E-state index contributed by atoms with van der Waals surface area (Å²) in [4.78, 5) is 6.92. The molecule has 0 amide bonds. The van der Waals surface area contributed by atoms with Gasteiger partial charge in [-0.3, -0.25) is 0 Å². The van der Waals surface area contributed by atoms with Crippen LogP contribution >= 0.6 is 15.9 Å². The van der Waals surface area contributed by atoms with Crippen LogP contribution in [0.25, 0.3) is 11.0 Å². The van der Waals surface area contributed by atoms with Gasteiger partial charge in [-0.05, 0) is 28.1 Å². The van der Waals surface area contributed by atoms with Gasteiger partial charge in [0, 0.05) is 0 Å². The number of benzene rings is 1. The van der Waals surface area contributed by atoms with E-state index in [2.05, 4.69) is 25.9 Å². The van der Waals surface area contributed by atoms with Crippen molar-refractivity contribution in [2.75, 3.05) is 0 Å². The van der Waals surface area contributed by atoms with Crippen molar-refractivity contribution in [1.82, 2.24) is 9.97 Å². The lowest BCUT2D eigenvalue weighted by molar-refractivity contribution is 0.630. The van der Waals surface area contributed by atoms with Crippen molar-refractivity contribution < 1.29 is 4.39 Å². The highest BCUT2D eigenvalue weighted by molar-refractivity contribution is 9.10. The zero-order chi connectivity index (χ0) is 9.42. The minimum Gasteiger partial charge on any atom is -0.341 e. The van der Waals surface area contributed by atoms with Crippen LogP contribution in [-0.2, 0) is 6.54 Å². The number of halogens is 2. The Morgan fingerprint density at radius 2 is 2.31 bits per heavy atom. The molecule has 0 saturated carbocycles. The molecule has 2 rings (SSSR count). The second-order valence-corrected chi connectivity index (χ2v) is 3.50. The summed E-state index contributed by atoms with van der Waals surface area (Å²) in [6.07, 6.45) is 0. The summed E-state index contributed by atoms with van der Waals surface area (Å²) in [6.45, 7) is 0.283. The molecule has 0 spiro atoms. The number of H-pyrrole nitrogens is 1. The van der Waals surface area contributed by atoms with E-state index in [0.717, 1.165) is 0 Å². The highest BCUT2D eigenvalue weighted by Gasteiger charge is 2.09. The first-order valence-electron chi connectivity index (χ1n) is 3.75. The van der Waals surface area contributed by atoms with E-state index < -0.39 is 0 Å². The first-order chi connectivity index (χ1) is 6.22. The second kappa shape index (κ2) is 3.08. The van der Waals surface area contributed by atoms with Crippen LogP contribution in [0.1, 0.15) is 5.82 Å². The molecule has 1 aromatic carbocycles. The normalized spacial score (nSPS) is 11.0.